The van der Waals surface area contributed by atoms with E-state index in [1.807, 2.05) is 36.4 Å². The highest BCUT2D eigenvalue weighted by molar-refractivity contribution is 9.10. The molecule has 1 N–H and O–H groups in total. The summed E-state index contributed by atoms with van der Waals surface area (Å²) in [6.07, 6.45) is 0.838. The third-order valence-electron chi connectivity index (χ3n) is 3.67. The average molecular weight is 356 g/mol. The first-order chi connectivity index (χ1) is 10.6. The van der Waals surface area contributed by atoms with E-state index < -0.39 is 0 Å². The predicted molar refractivity (Wildman–Crippen MR) is 88.1 cm³/mol. The summed E-state index contributed by atoms with van der Waals surface area (Å²) in [6.45, 7) is 0. The highest BCUT2D eigenvalue weighted by Gasteiger charge is 2.14. The molecule has 0 spiro atoms. The highest BCUT2D eigenvalue weighted by atomic mass is 79.9. The van der Waals surface area contributed by atoms with E-state index in [9.17, 15) is 15.0 Å². The molecule has 0 aliphatic heterocycles. The molecule has 0 aliphatic rings. The second-order valence-corrected chi connectivity index (χ2v) is 5.92. The third kappa shape index (κ3) is 2.57. The van der Waals surface area contributed by atoms with Gasteiger partial charge < -0.3 is 5.11 Å². The number of hydrogen-bond donors (Lipinski definition) is 1. The molecule has 1 radical (unpaired) electrons. The fraction of sp³-hybridized carbons (Fsp3) is 0.0556. The molecule has 0 heterocycles. The van der Waals surface area contributed by atoms with Gasteiger partial charge in [-0.05, 0) is 34.5 Å². The Morgan fingerprint density at radius 1 is 1.09 bits per heavy atom. The highest BCUT2D eigenvalue weighted by Crippen LogP contribution is 2.33. The largest absolute Gasteiger partial charge is 0.507 e. The lowest BCUT2D eigenvalue weighted by Crippen LogP contribution is -1.93. The van der Waals surface area contributed by atoms with Gasteiger partial charge >= 0.3 is 0 Å². The van der Waals surface area contributed by atoms with Gasteiger partial charge in [0.25, 0.3) is 0 Å². The molecule has 0 saturated heterocycles. The number of phenols is 1. The summed E-state index contributed by atoms with van der Waals surface area (Å²) in [4.78, 5) is 10.9. The van der Waals surface area contributed by atoms with Gasteiger partial charge in [0.2, 0.25) is 0 Å². The summed E-state index contributed by atoms with van der Waals surface area (Å²) in [7, 11) is 0. The molecular formula is C18H12BrO3. The lowest BCUT2D eigenvalue weighted by Gasteiger charge is -2.09. The minimum Gasteiger partial charge on any atom is -0.507 e. The van der Waals surface area contributed by atoms with Crippen LogP contribution in [0.1, 0.15) is 21.5 Å². The molecule has 0 amide bonds. The van der Waals surface area contributed by atoms with Gasteiger partial charge in [0, 0.05) is 16.5 Å². The Kier molecular flexibility index (Phi) is 3.86. The second-order valence-electron chi connectivity index (χ2n) is 5.07. The van der Waals surface area contributed by atoms with Crippen molar-refractivity contribution in [1.29, 1.82) is 0 Å². The molecule has 0 bridgehead atoms. The predicted octanol–water partition coefficient (Wildman–Crippen LogP) is 4.86. The standard InChI is InChI=1S/C18H12BrO3/c19-16-3-1-2-12-8-11(4-6-14(12)16)9-15-17(21)7-5-13(10-20)18(15)22/h1-8,10,22H,9H2. The van der Waals surface area contributed by atoms with Crippen molar-refractivity contribution in [3.05, 3.63) is 69.7 Å². The van der Waals surface area contributed by atoms with Gasteiger partial charge in [0.05, 0.1) is 5.56 Å². The van der Waals surface area contributed by atoms with Crippen LogP contribution < -0.4 is 0 Å². The van der Waals surface area contributed by atoms with Gasteiger partial charge in [-0.2, -0.15) is 0 Å². The molecule has 3 rings (SSSR count). The van der Waals surface area contributed by atoms with Crippen molar-refractivity contribution in [2.75, 3.05) is 0 Å². The maximum atomic E-state index is 11.9. The Morgan fingerprint density at radius 2 is 1.91 bits per heavy atom. The van der Waals surface area contributed by atoms with E-state index in [1.165, 1.54) is 12.1 Å². The van der Waals surface area contributed by atoms with E-state index in [-0.39, 0.29) is 29.0 Å². The minimum absolute atomic E-state index is 0.137. The maximum absolute atomic E-state index is 11.9. The van der Waals surface area contributed by atoms with E-state index in [4.69, 9.17) is 0 Å². The van der Waals surface area contributed by atoms with Crippen molar-refractivity contribution in [3.8, 4) is 11.5 Å². The fourth-order valence-corrected chi connectivity index (χ4v) is 3.02. The van der Waals surface area contributed by atoms with Crippen molar-refractivity contribution in [3.63, 3.8) is 0 Å². The minimum atomic E-state index is -0.266. The smallest absolute Gasteiger partial charge is 0.185 e. The van der Waals surface area contributed by atoms with Crippen molar-refractivity contribution >= 4 is 33.0 Å². The number of carbonyl (C=O) groups excluding carboxylic acids is 1. The monoisotopic (exact) mass is 355 g/mol. The molecule has 109 valence electrons. The number of fused-ring (bicyclic) bond motifs is 1. The van der Waals surface area contributed by atoms with Crippen molar-refractivity contribution in [2.45, 2.75) is 6.42 Å². The first-order valence-corrected chi connectivity index (χ1v) is 7.53. The first-order valence-electron chi connectivity index (χ1n) is 6.74. The Hall–Kier alpha value is -2.33. The zero-order chi connectivity index (χ0) is 15.7. The molecule has 4 heteroatoms. The summed E-state index contributed by atoms with van der Waals surface area (Å²) >= 11 is 3.50. The number of halogens is 1. The van der Waals surface area contributed by atoms with Crippen molar-refractivity contribution in [1.82, 2.24) is 0 Å². The van der Waals surface area contributed by atoms with E-state index in [1.54, 1.807) is 0 Å². The van der Waals surface area contributed by atoms with Crippen LogP contribution in [0.3, 0.4) is 0 Å². The molecule has 22 heavy (non-hydrogen) atoms. The van der Waals surface area contributed by atoms with Crippen LogP contribution in [0.25, 0.3) is 10.8 Å². The van der Waals surface area contributed by atoms with Gasteiger partial charge in [-0.1, -0.05) is 46.3 Å². The number of phenolic OH excluding ortho intramolecular Hbond substituents is 1. The molecule has 0 aliphatic carbocycles. The SMILES string of the molecule is [O]c1ccc(C=O)c(O)c1Cc1ccc2c(Br)cccc2c1. The van der Waals surface area contributed by atoms with Gasteiger partial charge in [0.15, 0.2) is 12.0 Å². The van der Waals surface area contributed by atoms with E-state index in [0.717, 1.165) is 20.8 Å². The first kappa shape index (κ1) is 14.6. The number of aromatic hydroxyl groups is 1. The van der Waals surface area contributed by atoms with Crippen LogP contribution in [0.15, 0.2) is 53.0 Å². The Bertz CT molecular complexity index is 872. The lowest BCUT2D eigenvalue weighted by atomic mass is 9.98. The summed E-state index contributed by atoms with van der Waals surface area (Å²) in [5.74, 6) is -0.491. The number of aldehydes is 1. The van der Waals surface area contributed by atoms with Crippen LogP contribution >= 0.6 is 15.9 Å². The van der Waals surface area contributed by atoms with Crippen molar-refractivity contribution in [2.24, 2.45) is 0 Å². The Morgan fingerprint density at radius 3 is 2.68 bits per heavy atom. The second kappa shape index (κ2) is 5.81. The van der Waals surface area contributed by atoms with E-state index in [0.29, 0.717) is 6.29 Å². The van der Waals surface area contributed by atoms with Gasteiger partial charge in [0.1, 0.15) is 5.75 Å². The van der Waals surface area contributed by atoms with Crippen LogP contribution in [-0.2, 0) is 11.5 Å². The summed E-state index contributed by atoms with van der Waals surface area (Å²) in [5.41, 5.74) is 1.29. The summed E-state index contributed by atoms with van der Waals surface area (Å²) in [6, 6.07) is 14.4. The molecule has 0 unspecified atom stereocenters. The van der Waals surface area contributed by atoms with Crippen molar-refractivity contribution < 1.29 is 15.0 Å². The number of carbonyl (C=O) groups is 1. The van der Waals surface area contributed by atoms with Gasteiger partial charge in [-0.25, -0.2) is 0 Å². The van der Waals surface area contributed by atoms with Crippen LogP contribution in [0, 0.1) is 0 Å². The van der Waals surface area contributed by atoms with Crippen LogP contribution in [-0.4, -0.2) is 11.4 Å². The van der Waals surface area contributed by atoms with Gasteiger partial charge in [-0.3, -0.25) is 9.90 Å². The zero-order valence-electron chi connectivity index (χ0n) is 11.5. The maximum Gasteiger partial charge on any atom is 0.185 e. The zero-order valence-corrected chi connectivity index (χ0v) is 13.1. The average Bonchev–Trinajstić information content (AvgIpc) is 2.52. The van der Waals surface area contributed by atoms with E-state index in [2.05, 4.69) is 15.9 Å². The molecule has 0 atom stereocenters. The van der Waals surface area contributed by atoms with Gasteiger partial charge in [-0.15, -0.1) is 0 Å². The third-order valence-corrected chi connectivity index (χ3v) is 4.36. The lowest BCUT2D eigenvalue weighted by molar-refractivity contribution is 0.112. The van der Waals surface area contributed by atoms with Crippen LogP contribution in [0.5, 0.6) is 11.5 Å². The Labute approximate surface area is 136 Å². The quantitative estimate of drug-likeness (QED) is 0.682. The Balaban J connectivity index is 2.05. The molecule has 3 aromatic rings. The molecule has 0 aromatic heterocycles. The molecule has 3 nitrogen and oxygen atoms in total. The van der Waals surface area contributed by atoms with Crippen LogP contribution in [0.2, 0.25) is 0 Å². The molecule has 3 aromatic carbocycles. The molecule has 0 fully saturated rings. The summed E-state index contributed by atoms with van der Waals surface area (Å²) in [5, 5.41) is 24.1. The topological polar surface area (TPSA) is 57.2 Å². The number of rotatable bonds is 3. The summed E-state index contributed by atoms with van der Waals surface area (Å²) < 4.78 is 1.01. The molecular weight excluding hydrogens is 344 g/mol. The fourth-order valence-electron chi connectivity index (χ4n) is 2.51. The normalized spacial score (nSPS) is 10.8. The van der Waals surface area contributed by atoms with E-state index >= 15 is 0 Å². The molecule has 0 saturated carbocycles. The number of hydrogen-bond acceptors (Lipinski definition) is 2. The number of benzene rings is 3. The van der Waals surface area contributed by atoms with Crippen LogP contribution in [0.4, 0.5) is 0 Å².